The molecular formula is C14H27N3O. The van der Waals surface area contributed by atoms with E-state index in [-0.39, 0.29) is 0 Å². The zero-order valence-corrected chi connectivity index (χ0v) is 11.8. The normalized spacial score (nSPS) is 31.1. The number of hydrogen-bond acceptors (Lipinski definition) is 3. The summed E-state index contributed by atoms with van der Waals surface area (Å²) in [5.41, 5.74) is 0. The van der Waals surface area contributed by atoms with E-state index >= 15 is 0 Å². The van der Waals surface area contributed by atoms with Gasteiger partial charge in [0.25, 0.3) is 0 Å². The van der Waals surface area contributed by atoms with Crippen LogP contribution in [0.5, 0.6) is 0 Å². The van der Waals surface area contributed by atoms with E-state index in [4.69, 9.17) is 0 Å². The molecule has 1 N–H and O–H groups in total. The zero-order valence-electron chi connectivity index (χ0n) is 11.8. The van der Waals surface area contributed by atoms with Crippen LogP contribution in [0, 0.1) is 5.92 Å². The molecule has 4 nitrogen and oxygen atoms in total. The molecule has 2 fully saturated rings. The lowest BCUT2D eigenvalue weighted by atomic mass is 9.93. The molecule has 4 heteroatoms. The molecule has 2 aliphatic heterocycles. The molecule has 0 radical (unpaired) electrons. The van der Waals surface area contributed by atoms with Gasteiger partial charge in [0, 0.05) is 25.7 Å². The Balaban J connectivity index is 1.83. The fourth-order valence-electron chi connectivity index (χ4n) is 3.12. The fourth-order valence-corrected chi connectivity index (χ4v) is 3.12. The Morgan fingerprint density at radius 3 is 2.83 bits per heavy atom. The van der Waals surface area contributed by atoms with Gasteiger partial charge in [-0.2, -0.15) is 0 Å². The number of likely N-dealkylation sites (tertiary alicyclic amines) is 1. The van der Waals surface area contributed by atoms with E-state index in [1.165, 1.54) is 0 Å². The summed E-state index contributed by atoms with van der Waals surface area (Å²) in [5, 5.41) is 3.38. The first kappa shape index (κ1) is 13.8. The van der Waals surface area contributed by atoms with Crippen molar-refractivity contribution >= 4 is 5.91 Å². The number of nitrogens with one attached hydrogen (secondary N) is 1. The van der Waals surface area contributed by atoms with E-state index in [0.29, 0.717) is 18.5 Å². The van der Waals surface area contributed by atoms with Crippen LogP contribution in [0.1, 0.15) is 33.1 Å². The van der Waals surface area contributed by atoms with Crippen molar-refractivity contribution < 1.29 is 4.79 Å². The number of carbonyl (C=O) groups excluding carboxylic acids is 1. The molecule has 0 spiro atoms. The van der Waals surface area contributed by atoms with Crippen molar-refractivity contribution in [1.82, 2.24) is 15.1 Å². The first-order chi connectivity index (χ1) is 8.66. The van der Waals surface area contributed by atoms with Crippen molar-refractivity contribution in [2.45, 2.75) is 39.2 Å². The summed E-state index contributed by atoms with van der Waals surface area (Å²) >= 11 is 0. The number of amides is 1. The fraction of sp³-hybridized carbons (Fsp3) is 0.929. The lowest BCUT2D eigenvalue weighted by Crippen LogP contribution is -2.48. The minimum Gasteiger partial charge on any atom is -0.339 e. The molecule has 104 valence electrons. The Labute approximate surface area is 111 Å². The van der Waals surface area contributed by atoms with Crippen molar-refractivity contribution in [3.63, 3.8) is 0 Å². The van der Waals surface area contributed by atoms with Crippen LogP contribution >= 0.6 is 0 Å². The summed E-state index contributed by atoms with van der Waals surface area (Å²) in [6, 6.07) is 0.423. The SMILES string of the molecule is CC1CCN(C(=O)CN2CCCNCC2)C(C)C1. The standard InChI is InChI=1S/C14H27N3O/c1-12-4-8-17(13(2)10-12)14(18)11-16-7-3-5-15-6-9-16/h12-13,15H,3-11H2,1-2H3. The molecule has 0 aromatic rings. The molecule has 18 heavy (non-hydrogen) atoms. The summed E-state index contributed by atoms with van der Waals surface area (Å²) in [4.78, 5) is 16.8. The van der Waals surface area contributed by atoms with Gasteiger partial charge >= 0.3 is 0 Å². The maximum absolute atomic E-state index is 12.4. The van der Waals surface area contributed by atoms with Crippen molar-refractivity contribution in [3.05, 3.63) is 0 Å². The van der Waals surface area contributed by atoms with Crippen molar-refractivity contribution in [2.24, 2.45) is 5.92 Å². The van der Waals surface area contributed by atoms with Crippen LogP contribution in [-0.4, -0.2) is 61.0 Å². The monoisotopic (exact) mass is 253 g/mol. The molecule has 2 heterocycles. The van der Waals surface area contributed by atoms with Gasteiger partial charge in [-0.25, -0.2) is 0 Å². The largest absolute Gasteiger partial charge is 0.339 e. The van der Waals surface area contributed by atoms with E-state index in [2.05, 4.69) is 29.0 Å². The Morgan fingerprint density at radius 2 is 2.06 bits per heavy atom. The minimum absolute atomic E-state index is 0.330. The van der Waals surface area contributed by atoms with Gasteiger partial charge in [0.15, 0.2) is 0 Å². The molecule has 2 unspecified atom stereocenters. The average molecular weight is 253 g/mol. The Hall–Kier alpha value is -0.610. The van der Waals surface area contributed by atoms with Gasteiger partial charge in [-0.3, -0.25) is 9.69 Å². The van der Waals surface area contributed by atoms with Gasteiger partial charge < -0.3 is 10.2 Å². The third kappa shape index (κ3) is 3.69. The Bertz CT molecular complexity index is 274. The van der Waals surface area contributed by atoms with Crippen LogP contribution in [-0.2, 0) is 4.79 Å². The molecular weight excluding hydrogens is 226 g/mol. The highest BCUT2D eigenvalue weighted by Gasteiger charge is 2.27. The lowest BCUT2D eigenvalue weighted by molar-refractivity contribution is -0.136. The highest BCUT2D eigenvalue weighted by Crippen LogP contribution is 2.22. The smallest absolute Gasteiger partial charge is 0.236 e. The van der Waals surface area contributed by atoms with Crippen LogP contribution in [0.4, 0.5) is 0 Å². The van der Waals surface area contributed by atoms with Crippen molar-refractivity contribution in [1.29, 1.82) is 0 Å². The molecule has 2 saturated heterocycles. The van der Waals surface area contributed by atoms with Gasteiger partial charge in [-0.1, -0.05) is 6.92 Å². The molecule has 2 rings (SSSR count). The van der Waals surface area contributed by atoms with E-state index in [0.717, 1.165) is 57.9 Å². The van der Waals surface area contributed by atoms with Gasteiger partial charge in [-0.15, -0.1) is 0 Å². The zero-order chi connectivity index (χ0) is 13.0. The topological polar surface area (TPSA) is 35.6 Å². The number of rotatable bonds is 2. The summed E-state index contributed by atoms with van der Waals surface area (Å²) in [6.45, 7) is 10.2. The Morgan fingerprint density at radius 1 is 1.22 bits per heavy atom. The van der Waals surface area contributed by atoms with Crippen LogP contribution in [0.15, 0.2) is 0 Å². The highest BCUT2D eigenvalue weighted by atomic mass is 16.2. The van der Waals surface area contributed by atoms with Crippen LogP contribution in [0.25, 0.3) is 0 Å². The first-order valence-electron chi connectivity index (χ1n) is 7.39. The molecule has 2 atom stereocenters. The predicted octanol–water partition coefficient (Wildman–Crippen LogP) is 0.929. The molecule has 0 aromatic heterocycles. The van der Waals surface area contributed by atoms with Crippen LogP contribution in [0.3, 0.4) is 0 Å². The van der Waals surface area contributed by atoms with E-state index < -0.39 is 0 Å². The Kier molecular flexibility index (Phi) is 5.01. The third-order valence-electron chi connectivity index (χ3n) is 4.25. The molecule has 0 aliphatic carbocycles. The van der Waals surface area contributed by atoms with Crippen molar-refractivity contribution in [2.75, 3.05) is 39.3 Å². The van der Waals surface area contributed by atoms with E-state index in [9.17, 15) is 4.79 Å². The predicted molar refractivity (Wildman–Crippen MR) is 73.5 cm³/mol. The van der Waals surface area contributed by atoms with Gasteiger partial charge in [0.05, 0.1) is 6.54 Å². The number of nitrogens with zero attached hydrogens (tertiary/aromatic N) is 2. The molecule has 1 amide bonds. The third-order valence-corrected chi connectivity index (χ3v) is 4.25. The van der Waals surface area contributed by atoms with Crippen molar-refractivity contribution in [3.8, 4) is 0 Å². The lowest BCUT2D eigenvalue weighted by Gasteiger charge is -2.37. The molecule has 0 saturated carbocycles. The maximum atomic E-state index is 12.4. The maximum Gasteiger partial charge on any atom is 0.236 e. The minimum atomic E-state index is 0.330. The van der Waals surface area contributed by atoms with Crippen LogP contribution < -0.4 is 5.32 Å². The van der Waals surface area contributed by atoms with Gasteiger partial charge in [-0.05, 0) is 45.2 Å². The molecule has 0 aromatic carbocycles. The molecule has 2 aliphatic rings. The highest BCUT2D eigenvalue weighted by molar-refractivity contribution is 5.78. The average Bonchev–Trinajstić information content (AvgIpc) is 2.57. The summed E-state index contributed by atoms with van der Waals surface area (Å²) < 4.78 is 0. The summed E-state index contributed by atoms with van der Waals surface area (Å²) in [6.07, 6.45) is 3.48. The van der Waals surface area contributed by atoms with Gasteiger partial charge in [0.1, 0.15) is 0 Å². The van der Waals surface area contributed by atoms with Crippen LogP contribution in [0.2, 0.25) is 0 Å². The molecule has 0 bridgehead atoms. The second-order valence-corrected chi connectivity index (χ2v) is 5.95. The number of hydrogen-bond donors (Lipinski definition) is 1. The second kappa shape index (κ2) is 6.53. The van der Waals surface area contributed by atoms with E-state index in [1.807, 2.05) is 0 Å². The summed E-state index contributed by atoms with van der Waals surface area (Å²) in [7, 11) is 0. The van der Waals surface area contributed by atoms with Gasteiger partial charge in [0.2, 0.25) is 5.91 Å². The summed E-state index contributed by atoms with van der Waals surface area (Å²) in [5.74, 6) is 1.10. The second-order valence-electron chi connectivity index (χ2n) is 5.95. The number of carbonyl (C=O) groups is 1. The number of piperidine rings is 1. The quantitative estimate of drug-likeness (QED) is 0.795. The first-order valence-corrected chi connectivity index (χ1v) is 7.39. The van der Waals surface area contributed by atoms with E-state index in [1.54, 1.807) is 0 Å².